The molecule has 3 rings (SSSR count). The van der Waals surface area contributed by atoms with Crippen LogP contribution in [0.1, 0.15) is 15.2 Å². The first-order chi connectivity index (χ1) is 12.0. The van der Waals surface area contributed by atoms with E-state index < -0.39 is 16.7 Å². The molecular formula is C17H13N3O5. The van der Waals surface area contributed by atoms with Crippen molar-refractivity contribution in [3.05, 3.63) is 70.4 Å². The van der Waals surface area contributed by atoms with E-state index in [4.69, 9.17) is 10.5 Å². The summed E-state index contributed by atoms with van der Waals surface area (Å²) in [5.74, 6) is -0.702. The van der Waals surface area contributed by atoms with Gasteiger partial charge in [-0.1, -0.05) is 18.2 Å². The third kappa shape index (κ3) is 3.18. The molecule has 0 fully saturated rings. The zero-order chi connectivity index (χ0) is 18.0. The fraction of sp³-hybridized carbons (Fsp3) is 0.0588. The Kier molecular flexibility index (Phi) is 4.17. The van der Waals surface area contributed by atoms with Gasteiger partial charge in [-0.25, -0.2) is 0 Å². The fourth-order valence-electron chi connectivity index (χ4n) is 2.46. The third-order valence-corrected chi connectivity index (χ3v) is 3.66. The molecule has 0 atom stereocenters. The Hall–Kier alpha value is -3.68. The molecule has 1 heterocycles. The van der Waals surface area contributed by atoms with Crippen molar-refractivity contribution in [1.82, 2.24) is 4.57 Å². The van der Waals surface area contributed by atoms with Gasteiger partial charge in [0.15, 0.2) is 6.61 Å². The quantitative estimate of drug-likeness (QED) is 0.565. The number of nitro groups is 1. The van der Waals surface area contributed by atoms with Gasteiger partial charge in [-0.15, -0.1) is 0 Å². The van der Waals surface area contributed by atoms with Crippen LogP contribution in [0.5, 0.6) is 5.75 Å². The summed E-state index contributed by atoms with van der Waals surface area (Å²) >= 11 is 0. The highest BCUT2D eigenvalue weighted by atomic mass is 16.6. The second-order valence-electron chi connectivity index (χ2n) is 5.23. The molecule has 0 saturated carbocycles. The number of nitro benzene ring substituents is 1. The summed E-state index contributed by atoms with van der Waals surface area (Å²) in [7, 11) is 0. The monoisotopic (exact) mass is 339 g/mol. The van der Waals surface area contributed by atoms with E-state index in [2.05, 4.69) is 0 Å². The molecule has 0 bridgehead atoms. The summed E-state index contributed by atoms with van der Waals surface area (Å²) in [6, 6.07) is 12.3. The second-order valence-corrected chi connectivity index (χ2v) is 5.23. The molecule has 0 aliphatic heterocycles. The van der Waals surface area contributed by atoms with Crippen LogP contribution in [0.4, 0.5) is 5.69 Å². The molecule has 3 aromatic rings. The van der Waals surface area contributed by atoms with Gasteiger partial charge in [-0.05, 0) is 18.2 Å². The highest BCUT2D eigenvalue weighted by Crippen LogP contribution is 2.21. The number of non-ortho nitro benzene ring substituents is 1. The van der Waals surface area contributed by atoms with Gasteiger partial charge in [0.05, 0.1) is 16.0 Å². The molecule has 0 saturated heterocycles. The Balaban J connectivity index is 1.81. The number of primary amides is 1. The van der Waals surface area contributed by atoms with Gasteiger partial charge < -0.3 is 10.5 Å². The number of hydrogen-bond acceptors (Lipinski definition) is 5. The summed E-state index contributed by atoms with van der Waals surface area (Å²) in [5, 5.41) is 11.2. The Morgan fingerprint density at radius 3 is 2.44 bits per heavy atom. The van der Waals surface area contributed by atoms with E-state index in [0.717, 1.165) is 0 Å². The molecule has 0 aliphatic carbocycles. The number of hydrogen-bond donors (Lipinski definition) is 1. The van der Waals surface area contributed by atoms with E-state index in [1.54, 1.807) is 24.3 Å². The number of benzene rings is 2. The van der Waals surface area contributed by atoms with Gasteiger partial charge in [0, 0.05) is 23.7 Å². The highest BCUT2D eigenvalue weighted by molar-refractivity contribution is 6.08. The minimum absolute atomic E-state index is 0.0684. The van der Waals surface area contributed by atoms with Crippen molar-refractivity contribution in [2.45, 2.75) is 0 Å². The second kappa shape index (κ2) is 6.44. The van der Waals surface area contributed by atoms with Gasteiger partial charge >= 0.3 is 0 Å². The average molecular weight is 339 g/mol. The molecule has 25 heavy (non-hydrogen) atoms. The van der Waals surface area contributed by atoms with E-state index in [0.29, 0.717) is 16.7 Å². The van der Waals surface area contributed by atoms with Crippen molar-refractivity contribution in [2.24, 2.45) is 5.73 Å². The summed E-state index contributed by atoms with van der Waals surface area (Å²) in [5.41, 5.74) is 6.08. The largest absolute Gasteiger partial charge is 0.484 e. The summed E-state index contributed by atoms with van der Waals surface area (Å²) in [4.78, 5) is 34.0. The van der Waals surface area contributed by atoms with Crippen LogP contribution in [0.3, 0.4) is 0 Å². The van der Waals surface area contributed by atoms with Gasteiger partial charge in [0.2, 0.25) is 0 Å². The number of aromatic nitrogens is 1. The number of para-hydroxylation sites is 1. The molecule has 0 radical (unpaired) electrons. The van der Waals surface area contributed by atoms with E-state index in [1.807, 2.05) is 0 Å². The Morgan fingerprint density at radius 2 is 1.80 bits per heavy atom. The molecule has 0 aliphatic rings. The van der Waals surface area contributed by atoms with Crippen molar-refractivity contribution >= 4 is 28.4 Å². The van der Waals surface area contributed by atoms with Crippen LogP contribution in [0.15, 0.2) is 54.7 Å². The van der Waals surface area contributed by atoms with Crippen molar-refractivity contribution in [2.75, 3.05) is 6.61 Å². The van der Waals surface area contributed by atoms with E-state index in [9.17, 15) is 19.7 Å². The van der Waals surface area contributed by atoms with E-state index in [-0.39, 0.29) is 17.9 Å². The minimum atomic E-state index is -0.626. The molecule has 8 heteroatoms. The number of fused-ring (bicyclic) bond motifs is 1. The molecule has 0 spiro atoms. The van der Waals surface area contributed by atoms with Crippen LogP contribution >= 0.6 is 0 Å². The zero-order valence-corrected chi connectivity index (χ0v) is 12.9. The standard InChI is InChI=1S/C17H13N3O5/c18-17(22)14-9-19(15-4-2-1-3-13(14)15)16(21)10-25-12-7-5-11(6-8-12)20(23)24/h1-9H,10H2,(H2,18,22). The summed E-state index contributed by atoms with van der Waals surface area (Å²) in [6.07, 6.45) is 1.38. The van der Waals surface area contributed by atoms with Gasteiger partial charge in [-0.3, -0.25) is 24.3 Å². The third-order valence-electron chi connectivity index (χ3n) is 3.66. The predicted molar refractivity (Wildman–Crippen MR) is 89.7 cm³/mol. The molecule has 2 aromatic carbocycles. The molecule has 8 nitrogen and oxygen atoms in total. The maximum Gasteiger partial charge on any atom is 0.269 e. The van der Waals surface area contributed by atoms with E-state index in [1.165, 1.54) is 35.0 Å². The van der Waals surface area contributed by atoms with Gasteiger partial charge in [0.25, 0.3) is 17.5 Å². The fourth-order valence-corrected chi connectivity index (χ4v) is 2.46. The normalized spacial score (nSPS) is 10.6. The summed E-state index contributed by atoms with van der Waals surface area (Å²) < 4.78 is 6.67. The van der Waals surface area contributed by atoms with Crippen LogP contribution in [0.25, 0.3) is 10.9 Å². The van der Waals surface area contributed by atoms with Crippen molar-refractivity contribution in [1.29, 1.82) is 0 Å². The number of amides is 1. The van der Waals surface area contributed by atoms with Crippen molar-refractivity contribution in [3.63, 3.8) is 0 Å². The van der Waals surface area contributed by atoms with Crippen LogP contribution in [0, 0.1) is 10.1 Å². The Morgan fingerprint density at radius 1 is 1.12 bits per heavy atom. The minimum Gasteiger partial charge on any atom is -0.484 e. The topological polar surface area (TPSA) is 117 Å². The smallest absolute Gasteiger partial charge is 0.269 e. The first-order valence-corrected chi connectivity index (χ1v) is 7.27. The molecule has 1 aromatic heterocycles. The molecule has 2 N–H and O–H groups in total. The molecule has 126 valence electrons. The average Bonchev–Trinajstić information content (AvgIpc) is 3.00. The number of ether oxygens (including phenoxy) is 1. The van der Waals surface area contributed by atoms with Gasteiger partial charge in [0.1, 0.15) is 5.75 Å². The predicted octanol–water partition coefficient (Wildman–Crippen LogP) is 2.37. The Labute approximate surface area is 141 Å². The zero-order valence-electron chi connectivity index (χ0n) is 12.9. The van der Waals surface area contributed by atoms with Crippen LogP contribution in [0.2, 0.25) is 0 Å². The lowest BCUT2D eigenvalue weighted by Gasteiger charge is -2.07. The number of nitrogens with zero attached hydrogens (tertiary/aromatic N) is 2. The van der Waals surface area contributed by atoms with Crippen molar-refractivity contribution in [3.8, 4) is 5.75 Å². The lowest BCUT2D eigenvalue weighted by Crippen LogP contribution is -2.18. The summed E-state index contributed by atoms with van der Waals surface area (Å²) in [6.45, 7) is -0.297. The SMILES string of the molecule is NC(=O)c1cn(C(=O)COc2ccc([N+](=O)[O-])cc2)c2ccccc12. The maximum absolute atomic E-state index is 12.4. The van der Waals surface area contributed by atoms with Crippen LogP contribution in [-0.4, -0.2) is 27.9 Å². The number of carbonyl (C=O) groups excluding carboxylic acids is 2. The lowest BCUT2D eigenvalue weighted by molar-refractivity contribution is -0.384. The van der Waals surface area contributed by atoms with Gasteiger partial charge in [-0.2, -0.15) is 0 Å². The van der Waals surface area contributed by atoms with Crippen LogP contribution < -0.4 is 10.5 Å². The number of carbonyl (C=O) groups is 2. The molecule has 1 amide bonds. The first kappa shape index (κ1) is 16.2. The van der Waals surface area contributed by atoms with E-state index >= 15 is 0 Å². The number of rotatable bonds is 5. The Bertz CT molecular complexity index is 976. The van der Waals surface area contributed by atoms with Crippen molar-refractivity contribution < 1.29 is 19.2 Å². The lowest BCUT2D eigenvalue weighted by atomic mass is 10.2. The highest BCUT2D eigenvalue weighted by Gasteiger charge is 2.16. The molecular weight excluding hydrogens is 326 g/mol. The first-order valence-electron chi connectivity index (χ1n) is 7.27. The maximum atomic E-state index is 12.4. The number of nitrogens with two attached hydrogens (primary N) is 1. The van der Waals surface area contributed by atoms with Crippen LogP contribution in [-0.2, 0) is 0 Å². The molecule has 0 unspecified atom stereocenters.